The summed E-state index contributed by atoms with van der Waals surface area (Å²) in [5, 5.41) is 6.98. The lowest BCUT2D eigenvalue weighted by molar-refractivity contribution is 0.729. The van der Waals surface area contributed by atoms with Crippen molar-refractivity contribution < 1.29 is 0 Å². The van der Waals surface area contributed by atoms with Crippen LogP contribution in [0.3, 0.4) is 0 Å². The van der Waals surface area contributed by atoms with Gasteiger partial charge >= 0.3 is 0 Å². The molecular formula is C11H13BrClN3S. The summed E-state index contributed by atoms with van der Waals surface area (Å²) in [5.41, 5.74) is 8.18. The molecule has 0 aliphatic heterocycles. The zero-order valence-electron chi connectivity index (χ0n) is 9.58. The third-order valence-corrected chi connectivity index (χ3v) is 5.15. The van der Waals surface area contributed by atoms with E-state index in [0.717, 1.165) is 20.6 Å². The molecule has 2 aromatic heterocycles. The first kappa shape index (κ1) is 13.1. The number of halogens is 2. The number of aryl methyl sites for hydroxylation is 2. The highest BCUT2D eigenvalue weighted by Gasteiger charge is 2.18. The van der Waals surface area contributed by atoms with Gasteiger partial charge < -0.3 is 5.73 Å². The number of hydrogen-bond acceptors (Lipinski definition) is 3. The van der Waals surface area contributed by atoms with Crippen LogP contribution < -0.4 is 5.73 Å². The fourth-order valence-electron chi connectivity index (χ4n) is 1.79. The van der Waals surface area contributed by atoms with Gasteiger partial charge in [0.25, 0.3) is 0 Å². The lowest BCUT2D eigenvalue weighted by atomic mass is 10.1. The number of nitrogens with zero attached hydrogens (tertiary/aromatic N) is 2. The first-order valence-corrected chi connectivity index (χ1v) is 7.22. The summed E-state index contributed by atoms with van der Waals surface area (Å²) in [4.78, 5) is 1.14. The predicted molar refractivity (Wildman–Crippen MR) is 75.6 cm³/mol. The van der Waals surface area contributed by atoms with Crippen molar-refractivity contribution in [2.24, 2.45) is 12.8 Å². The fourth-order valence-corrected chi connectivity index (χ4v) is 3.71. The lowest BCUT2D eigenvalue weighted by Gasteiger charge is -2.10. The Labute approximate surface area is 118 Å². The van der Waals surface area contributed by atoms with Crippen LogP contribution in [0.1, 0.15) is 22.2 Å². The maximum Gasteiger partial charge on any atom is 0.130 e. The molecule has 0 saturated heterocycles. The van der Waals surface area contributed by atoms with Crippen LogP contribution >= 0.6 is 38.9 Å². The van der Waals surface area contributed by atoms with Crippen molar-refractivity contribution in [2.75, 3.05) is 0 Å². The second kappa shape index (κ2) is 5.10. The zero-order chi connectivity index (χ0) is 12.6. The van der Waals surface area contributed by atoms with Crippen LogP contribution in [-0.4, -0.2) is 9.78 Å². The lowest BCUT2D eigenvalue weighted by Crippen LogP contribution is -2.12. The summed E-state index contributed by atoms with van der Waals surface area (Å²) >= 11 is 11.3. The topological polar surface area (TPSA) is 43.8 Å². The average Bonchev–Trinajstić information content (AvgIpc) is 2.78. The molecule has 0 amide bonds. The van der Waals surface area contributed by atoms with Gasteiger partial charge in [-0.05, 0) is 40.7 Å². The van der Waals surface area contributed by atoms with Gasteiger partial charge in [-0.25, -0.2) is 0 Å². The standard InChI is InChI=1S/C11H13BrClN3S/c1-6-7(11(13)16(2)15-6)5-9(14)10-8(12)3-4-17-10/h3-4,9H,5,14H2,1-2H3. The van der Waals surface area contributed by atoms with Crippen LogP contribution in [0, 0.1) is 6.92 Å². The Bertz CT molecular complexity index is 535. The Morgan fingerprint density at radius 2 is 2.35 bits per heavy atom. The molecule has 1 unspecified atom stereocenters. The molecule has 0 bridgehead atoms. The molecule has 0 spiro atoms. The van der Waals surface area contributed by atoms with Crippen LogP contribution in [-0.2, 0) is 13.5 Å². The Morgan fingerprint density at radius 1 is 1.65 bits per heavy atom. The highest BCUT2D eigenvalue weighted by molar-refractivity contribution is 9.10. The molecule has 2 aromatic rings. The fraction of sp³-hybridized carbons (Fsp3) is 0.364. The molecule has 92 valence electrons. The normalized spacial score (nSPS) is 13.0. The maximum atomic E-state index is 6.20. The van der Waals surface area contributed by atoms with E-state index in [9.17, 15) is 0 Å². The minimum Gasteiger partial charge on any atom is -0.323 e. The van der Waals surface area contributed by atoms with E-state index >= 15 is 0 Å². The van der Waals surface area contributed by atoms with Gasteiger partial charge in [0.05, 0.1) is 5.69 Å². The van der Waals surface area contributed by atoms with Gasteiger partial charge in [-0.2, -0.15) is 5.10 Å². The van der Waals surface area contributed by atoms with Crippen molar-refractivity contribution in [3.05, 3.63) is 37.2 Å². The number of thiophene rings is 1. The Hall–Kier alpha value is -0.360. The molecule has 0 fully saturated rings. The Morgan fingerprint density at radius 3 is 2.82 bits per heavy atom. The highest BCUT2D eigenvalue weighted by Crippen LogP contribution is 2.31. The molecule has 3 nitrogen and oxygen atoms in total. The summed E-state index contributed by atoms with van der Waals surface area (Å²) < 4.78 is 2.75. The molecule has 2 rings (SSSR count). The van der Waals surface area contributed by atoms with Gasteiger partial charge in [-0.15, -0.1) is 11.3 Å². The Balaban J connectivity index is 2.24. The minimum absolute atomic E-state index is 0.0511. The molecule has 2 N–H and O–H groups in total. The molecule has 0 radical (unpaired) electrons. The van der Waals surface area contributed by atoms with Crippen LogP contribution in [0.5, 0.6) is 0 Å². The molecule has 17 heavy (non-hydrogen) atoms. The van der Waals surface area contributed by atoms with Gasteiger partial charge in [-0.1, -0.05) is 11.6 Å². The third kappa shape index (κ3) is 2.57. The molecular weight excluding hydrogens is 322 g/mol. The Kier molecular flexibility index (Phi) is 3.92. The monoisotopic (exact) mass is 333 g/mol. The summed E-state index contributed by atoms with van der Waals surface area (Å²) in [5.74, 6) is 0. The number of hydrogen-bond donors (Lipinski definition) is 1. The van der Waals surface area contributed by atoms with Crippen molar-refractivity contribution in [1.29, 1.82) is 0 Å². The van der Waals surface area contributed by atoms with E-state index in [0.29, 0.717) is 11.6 Å². The van der Waals surface area contributed by atoms with Crippen LogP contribution in [0.4, 0.5) is 0 Å². The van der Waals surface area contributed by atoms with Gasteiger partial charge in [0.2, 0.25) is 0 Å². The smallest absolute Gasteiger partial charge is 0.130 e. The van der Waals surface area contributed by atoms with E-state index in [-0.39, 0.29) is 6.04 Å². The zero-order valence-corrected chi connectivity index (χ0v) is 12.7. The SMILES string of the molecule is Cc1nn(C)c(Cl)c1CC(N)c1sccc1Br. The molecule has 1 atom stereocenters. The van der Waals surface area contributed by atoms with Crippen molar-refractivity contribution in [2.45, 2.75) is 19.4 Å². The number of aromatic nitrogens is 2. The molecule has 2 heterocycles. The molecule has 0 saturated carbocycles. The third-order valence-electron chi connectivity index (χ3n) is 2.68. The van der Waals surface area contributed by atoms with E-state index < -0.39 is 0 Å². The molecule has 0 aliphatic rings. The highest BCUT2D eigenvalue weighted by atomic mass is 79.9. The second-order valence-corrected chi connectivity index (χ2v) is 6.08. The summed E-state index contributed by atoms with van der Waals surface area (Å²) in [6, 6.07) is 1.96. The predicted octanol–water partition coefficient (Wildman–Crippen LogP) is 3.45. The number of rotatable bonds is 3. The van der Waals surface area contributed by atoms with Gasteiger partial charge in [0.15, 0.2) is 0 Å². The van der Waals surface area contributed by atoms with Gasteiger partial charge in [-0.3, -0.25) is 4.68 Å². The van der Waals surface area contributed by atoms with Gasteiger partial charge in [0.1, 0.15) is 5.15 Å². The van der Waals surface area contributed by atoms with Crippen molar-refractivity contribution in [1.82, 2.24) is 9.78 Å². The average molecular weight is 335 g/mol. The summed E-state index contributed by atoms with van der Waals surface area (Å²) in [7, 11) is 1.84. The summed E-state index contributed by atoms with van der Waals surface area (Å²) in [6.07, 6.45) is 0.706. The van der Waals surface area contributed by atoms with E-state index in [1.54, 1.807) is 16.0 Å². The van der Waals surface area contributed by atoms with E-state index in [2.05, 4.69) is 21.0 Å². The van der Waals surface area contributed by atoms with Crippen molar-refractivity contribution >= 4 is 38.9 Å². The largest absolute Gasteiger partial charge is 0.323 e. The van der Waals surface area contributed by atoms with Gasteiger partial charge in [0, 0.05) is 28.0 Å². The number of nitrogens with two attached hydrogens (primary N) is 1. The second-order valence-electron chi connectivity index (χ2n) is 3.92. The molecule has 0 aliphatic carbocycles. The van der Waals surface area contributed by atoms with E-state index in [4.69, 9.17) is 17.3 Å². The van der Waals surface area contributed by atoms with E-state index in [1.807, 2.05) is 25.4 Å². The van der Waals surface area contributed by atoms with Crippen LogP contribution in [0.15, 0.2) is 15.9 Å². The van der Waals surface area contributed by atoms with Crippen molar-refractivity contribution in [3.63, 3.8) is 0 Å². The molecule has 0 aromatic carbocycles. The summed E-state index contributed by atoms with van der Waals surface area (Å²) in [6.45, 7) is 1.96. The molecule has 6 heteroatoms. The minimum atomic E-state index is -0.0511. The van der Waals surface area contributed by atoms with Crippen LogP contribution in [0.25, 0.3) is 0 Å². The van der Waals surface area contributed by atoms with Crippen molar-refractivity contribution in [3.8, 4) is 0 Å². The first-order chi connectivity index (χ1) is 8.00. The van der Waals surface area contributed by atoms with Crippen LogP contribution in [0.2, 0.25) is 5.15 Å². The van der Waals surface area contributed by atoms with E-state index in [1.165, 1.54) is 0 Å². The first-order valence-electron chi connectivity index (χ1n) is 5.17. The maximum absolute atomic E-state index is 6.20. The quantitative estimate of drug-likeness (QED) is 0.934.